The van der Waals surface area contributed by atoms with E-state index >= 15 is 0 Å². The van der Waals surface area contributed by atoms with Gasteiger partial charge in [-0.05, 0) is 26.0 Å². The number of benzene rings is 1. The van der Waals surface area contributed by atoms with Crippen molar-refractivity contribution in [2.45, 2.75) is 13.8 Å². The topological polar surface area (TPSA) is 78.9 Å². The fourth-order valence-corrected chi connectivity index (χ4v) is 2.12. The van der Waals surface area contributed by atoms with Crippen LogP contribution in [0.2, 0.25) is 0 Å². The number of ether oxygens (including phenoxy) is 1. The van der Waals surface area contributed by atoms with Gasteiger partial charge in [0.1, 0.15) is 11.6 Å². The molecule has 7 heteroatoms. The summed E-state index contributed by atoms with van der Waals surface area (Å²) in [5.41, 5.74) is 1.52. The molecule has 108 valence electrons. The van der Waals surface area contributed by atoms with E-state index in [9.17, 15) is 8.42 Å². The van der Waals surface area contributed by atoms with Crippen molar-refractivity contribution >= 4 is 21.5 Å². The van der Waals surface area contributed by atoms with E-state index in [1.165, 1.54) is 7.11 Å². The maximum Gasteiger partial charge on any atom is 0.283 e. The fraction of sp³-hybridized carbons (Fsp3) is 0.500. The summed E-state index contributed by atoms with van der Waals surface area (Å²) in [6.45, 7) is 5.86. The predicted molar refractivity (Wildman–Crippen MR) is 76.6 cm³/mol. The molecule has 0 saturated carbocycles. The SMILES string of the molecule is CCN(CC)c1ccc(NCS(=O)(=O)O)c(OC)c1. The van der Waals surface area contributed by atoms with E-state index in [1.807, 2.05) is 12.1 Å². The molecule has 0 saturated heterocycles. The van der Waals surface area contributed by atoms with E-state index in [0.29, 0.717) is 11.4 Å². The van der Waals surface area contributed by atoms with Crippen LogP contribution in [0.15, 0.2) is 18.2 Å². The average Bonchev–Trinajstić information content (AvgIpc) is 2.37. The number of nitrogens with one attached hydrogen (secondary N) is 1. The van der Waals surface area contributed by atoms with Crippen LogP contribution < -0.4 is 15.0 Å². The summed E-state index contributed by atoms with van der Waals surface area (Å²) in [4.78, 5) is 2.15. The van der Waals surface area contributed by atoms with Gasteiger partial charge >= 0.3 is 0 Å². The molecule has 1 aromatic carbocycles. The van der Waals surface area contributed by atoms with Gasteiger partial charge in [0.2, 0.25) is 0 Å². The minimum Gasteiger partial charge on any atom is -0.495 e. The van der Waals surface area contributed by atoms with Crippen LogP contribution in [0.4, 0.5) is 11.4 Å². The van der Waals surface area contributed by atoms with Crippen molar-refractivity contribution in [1.82, 2.24) is 0 Å². The number of methoxy groups -OCH3 is 1. The van der Waals surface area contributed by atoms with Crippen molar-refractivity contribution in [2.24, 2.45) is 0 Å². The molecule has 0 aliphatic heterocycles. The number of nitrogens with zero attached hydrogens (tertiary/aromatic N) is 1. The van der Waals surface area contributed by atoms with Crippen LogP contribution in [0, 0.1) is 0 Å². The molecule has 1 aromatic rings. The van der Waals surface area contributed by atoms with Crippen molar-refractivity contribution < 1.29 is 17.7 Å². The van der Waals surface area contributed by atoms with Gasteiger partial charge in [0.25, 0.3) is 10.1 Å². The number of rotatable bonds is 7. The summed E-state index contributed by atoms with van der Waals surface area (Å²) in [6.07, 6.45) is 0. The van der Waals surface area contributed by atoms with Gasteiger partial charge in [-0.15, -0.1) is 0 Å². The molecule has 1 rings (SSSR count). The predicted octanol–water partition coefficient (Wildman–Crippen LogP) is 1.80. The Kier molecular flexibility index (Phi) is 5.44. The molecule has 0 radical (unpaired) electrons. The van der Waals surface area contributed by atoms with E-state index < -0.39 is 16.0 Å². The summed E-state index contributed by atoms with van der Waals surface area (Å²) in [5.74, 6) is -0.0124. The molecule has 0 amide bonds. The first-order valence-electron chi connectivity index (χ1n) is 6.03. The zero-order valence-electron chi connectivity index (χ0n) is 11.4. The zero-order chi connectivity index (χ0) is 14.5. The van der Waals surface area contributed by atoms with Gasteiger partial charge < -0.3 is 15.0 Å². The van der Waals surface area contributed by atoms with E-state index in [0.717, 1.165) is 18.8 Å². The molecule has 6 nitrogen and oxygen atoms in total. The van der Waals surface area contributed by atoms with Crippen LogP contribution >= 0.6 is 0 Å². The third-order valence-corrected chi connectivity index (χ3v) is 3.27. The van der Waals surface area contributed by atoms with Crippen LogP contribution in [0.5, 0.6) is 5.75 Å². The van der Waals surface area contributed by atoms with E-state index in [4.69, 9.17) is 9.29 Å². The van der Waals surface area contributed by atoms with Crippen molar-refractivity contribution in [2.75, 3.05) is 36.3 Å². The molecule has 0 bridgehead atoms. The van der Waals surface area contributed by atoms with Gasteiger partial charge in [0, 0.05) is 24.8 Å². The van der Waals surface area contributed by atoms with Crippen LogP contribution in [0.1, 0.15) is 13.8 Å². The van der Waals surface area contributed by atoms with Crippen molar-refractivity contribution in [3.05, 3.63) is 18.2 Å². The minimum atomic E-state index is -4.06. The quantitative estimate of drug-likeness (QED) is 0.745. The Morgan fingerprint density at radius 2 is 1.95 bits per heavy atom. The molecule has 0 atom stereocenters. The maximum atomic E-state index is 10.7. The molecule has 0 spiro atoms. The molecular weight excluding hydrogens is 268 g/mol. The highest BCUT2D eigenvalue weighted by atomic mass is 32.2. The first-order valence-corrected chi connectivity index (χ1v) is 7.64. The summed E-state index contributed by atoms with van der Waals surface area (Å²) < 4.78 is 35.4. The molecular formula is C12H20N2O4S. The summed E-state index contributed by atoms with van der Waals surface area (Å²) in [7, 11) is -2.55. The molecule has 2 N–H and O–H groups in total. The maximum absolute atomic E-state index is 10.7. The third kappa shape index (κ3) is 4.60. The highest BCUT2D eigenvalue weighted by Gasteiger charge is 2.10. The number of hydrogen-bond donors (Lipinski definition) is 2. The number of hydrogen-bond acceptors (Lipinski definition) is 5. The Morgan fingerprint density at radius 3 is 2.42 bits per heavy atom. The van der Waals surface area contributed by atoms with E-state index in [1.54, 1.807) is 6.07 Å². The average molecular weight is 288 g/mol. The first-order chi connectivity index (χ1) is 8.91. The molecule has 0 aliphatic carbocycles. The van der Waals surface area contributed by atoms with Gasteiger partial charge in [0.05, 0.1) is 12.8 Å². The fourth-order valence-electron chi connectivity index (χ4n) is 1.78. The molecule has 0 unspecified atom stereocenters. The van der Waals surface area contributed by atoms with E-state index in [2.05, 4.69) is 24.1 Å². The van der Waals surface area contributed by atoms with Crippen LogP contribution in [-0.4, -0.2) is 39.0 Å². The van der Waals surface area contributed by atoms with Crippen LogP contribution in [0.3, 0.4) is 0 Å². The molecule has 19 heavy (non-hydrogen) atoms. The van der Waals surface area contributed by atoms with Gasteiger partial charge in [-0.25, -0.2) is 0 Å². The number of anilines is 2. The first kappa shape index (κ1) is 15.6. The lowest BCUT2D eigenvalue weighted by Gasteiger charge is -2.22. The molecule has 0 fully saturated rings. The van der Waals surface area contributed by atoms with Crippen molar-refractivity contribution in [1.29, 1.82) is 0 Å². The zero-order valence-corrected chi connectivity index (χ0v) is 12.2. The monoisotopic (exact) mass is 288 g/mol. The van der Waals surface area contributed by atoms with Gasteiger partial charge in [0.15, 0.2) is 0 Å². The Morgan fingerprint density at radius 1 is 1.32 bits per heavy atom. The second-order valence-corrected chi connectivity index (χ2v) is 5.41. The second-order valence-electron chi connectivity index (χ2n) is 3.96. The van der Waals surface area contributed by atoms with Gasteiger partial charge in [-0.1, -0.05) is 0 Å². The lowest BCUT2D eigenvalue weighted by atomic mass is 10.2. The molecule has 0 aromatic heterocycles. The van der Waals surface area contributed by atoms with Gasteiger partial charge in [-0.2, -0.15) is 8.42 Å². The Bertz CT molecular complexity index is 512. The Hall–Kier alpha value is -1.47. The lowest BCUT2D eigenvalue weighted by Crippen LogP contribution is -2.21. The lowest BCUT2D eigenvalue weighted by molar-refractivity contribution is 0.416. The normalized spacial score (nSPS) is 11.2. The second kappa shape index (κ2) is 6.63. The van der Waals surface area contributed by atoms with Gasteiger partial charge in [-0.3, -0.25) is 4.55 Å². The highest BCUT2D eigenvalue weighted by molar-refractivity contribution is 7.85. The Balaban J connectivity index is 2.96. The standard InChI is InChI=1S/C12H20N2O4S/c1-4-14(5-2)10-6-7-11(12(8-10)18-3)13-9-19(15,16)17/h6-8,13H,4-5,9H2,1-3H3,(H,15,16,17). The summed E-state index contributed by atoms with van der Waals surface area (Å²) in [5, 5.41) is 2.62. The molecule has 0 aliphatic rings. The smallest absolute Gasteiger partial charge is 0.283 e. The summed E-state index contributed by atoms with van der Waals surface area (Å²) >= 11 is 0. The van der Waals surface area contributed by atoms with E-state index in [-0.39, 0.29) is 0 Å². The van der Waals surface area contributed by atoms with Crippen molar-refractivity contribution in [3.63, 3.8) is 0 Å². The largest absolute Gasteiger partial charge is 0.495 e. The van der Waals surface area contributed by atoms with Crippen LogP contribution in [-0.2, 0) is 10.1 Å². The highest BCUT2D eigenvalue weighted by Crippen LogP contribution is 2.29. The Labute approximate surface area is 114 Å². The summed E-state index contributed by atoms with van der Waals surface area (Å²) in [6, 6.07) is 5.44. The van der Waals surface area contributed by atoms with Crippen molar-refractivity contribution in [3.8, 4) is 5.75 Å². The third-order valence-electron chi connectivity index (χ3n) is 2.76. The van der Waals surface area contributed by atoms with Crippen LogP contribution in [0.25, 0.3) is 0 Å². The minimum absolute atomic E-state index is 0.524. The molecule has 0 heterocycles.